The van der Waals surface area contributed by atoms with Gasteiger partial charge >= 0.3 is 0 Å². The molecule has 0 radical (unpaired) electrons. The largest absolute Gasteiger partial charge is 0.493 e. The van der Waals surface area contributed by atoms with Gasteiger partial charge in [0.1, 0.15) is 5.75 Å². The number of hydrogen-bond donors (Lipinski definition) is 1. The van der Waals surface area contributed by atoms with Crippen LogP contribution in [0.25, 0.3) is 0 Å². The fourth-order valence-corrected chi connectivity index (χ4v) is 3.12. The van der Waals surface area contributed by atoms with Gasteiger partial charge in [-0.3, -0.25) is 4.79 Å². The molecule has 1 saturated heterocycles. The molecule has 0 saturated carbocycles. The van der Waals surface area contributed by atoms with E-state index >= 15 is 0 Å². The Morgan fingerprint density at radius 2 is 1.91 bits per heavy atom. The zero-order chi connectivity index (χ0) is 16.3. The zero-order valence-electron chi connectivity index (χ0n) is 14.6. The van der Waals surface area contributed by atoms with Gasteiger partial charge in [0, 0.05) is 11.5 Å². The molecule has 3 nitrogen and oxygen atoms in total. The Morgan fingerprint density at radius 1 is 1.27 bits per heavy atom. The number of rotatable bonds is 4. The van der Waals surface area contributed by atoms with Crippen molar-refractivity contribution in [1.82, 2.24) is 5.32 Å². The topological polar surface area (TPSA) is 38.3 Å². The molecule has 0 atom stereocenters. The fourth-order valence-electron chi connectivity index (χ4n) is 3.12. The predicted octanol–water partition coefficient (Wildman–Crippen LogP) is 3.87. The summed E-state index contributed by atoms with van der Waals surface area (Å²) in [6.45, 7) is 13.0. The molecule has 3 heteroatoms. The number of carbonyl (C=O) groups is 1. The maximum absolute atomic E-state index is 13.0. The highest BCUT2D eigenvalue weighted by molar-refractivity contribution is 6.01. The average molecular weight is 303 g/mol. The normalized spacial score (nSPS) is 16.6. The van der Waals surface area contributed by atoms with Crippen LogP contribution in [0, 0.1) is 12.8 Å². The number of ether oxygens (including phenoxy) is 1. The van der Waals surface area contributed by atoms with Crippen molar-refractivity contribution >= 4 is 5.78 Å². The van der Waals surface area contributed by atoms with Gasteiger partial charge in [-0.15, -0.1) is 0 Å². The van der Waals surface area contributed by atoms with Crippen LogP contribution in [0.3, 0.4) is 0 Å². The molecule has 2 rings (SSSR count). The summed E-state index contributed by atoms with van der Waals surface area (Å²) < 4.78 is 5.93. The van der Waals surface area contributed by atoms with Crippen molar-refractivity contribution in [2.24, 2.45) is 5.92 Å². The van der Waals surface area contributed by atoms with E-state index in [0.717, 1.165) is 48.4 Å². The number of aryl methyl sites for hydroxylation is 1. The van der Waals surface area contributed by atoms with Crippen LogP contribution in [-0.2, 0) is 5.41 Å². The lowest BCUT2D eigenvalue weighted by atomic mass is 9.81. The first kappa shape index (κ1) is 17.0. The maximum Gasteiger partial charge on any atom is 0.169 e. The molecule has 1 N–H and O–H groups in total. The second-order valence-corrected chi connectivity index (χ2v) is 7.26. The Labute approximate surface area is 134 Å². The molecule has 1 heterocycles. The van der Waals surface area contributed by atoms with Crippen LogP contribution in [0.4, 0.5) is 0 Å². The number of hydrogen-bond acceptors (Lipinski definition) is 3. The van der Waals surface area contributed by atoms with Crippen LogP contribution in [0.5, 0.6) is 5.75 Å². The van der Waals surface area contributed by atoms with E-state index in [2.05, 4.69) is 39.1 Å². The molecular weight excluding hydrogens is 274 g/mol. The van der Waals surface area contributed by atoms with E-state index in [1.807, 2.05) is 13.0 Å². The van der Waals surface area contributed by atoms with Gasteiger partial charge in [0.15, 0.2) is 5.78 Å². The summed E-state index contributed by atoms with van der Waals surface area (Å²) in [7, 11) is 0. The minimum atomic E-state index is -0.0420. The van der Waals surface area contributed by atoms with E-state index in [1.54, 1.807) is 0 Å². The van der Waals surface area contributed by atoms with Gasteiger partial charge in [-0.05, 0) is 56.8 Å². The van der Waals surface area contributed by atoms with Crippen LogP contribution in [0.2, 0.25) is 0 Å². The summed E-state index contributed by atoms with van der Waals surface area (Å²) in [6, 6.07) is 4.16. The molecule has 1 aliphatic rings. The van der Waals surface area contributed by atoms with E-state index in [4.69, 9.17) is 4.74 Å². The van der Waals surface area contributed by atoms with E-state index < -0.39 is 0 Å². The van der Waals surface area contributed by atoms with E-state index in [9.17, 15) is 4.79 Å². The Bertz CT molecular complexity index is 537. The lowest BCUT2D eigenvalue weighted by molar-refractivity contribution is 0.0890. The second-order valence-electron chi connectivity index (χ2n) is 7.26. The SMILES string of the molecule is CCOc1c(C(=O)C2CCNCC2)cc(C)cc1C(C)(C)C. The predicted molar refractivity (Wildman–Crippen MR) is 91.0 cm³/mol. The lowest BCUT2D eigenvalue weighted by Gasteiger charge is -2.27. The van der Waals surface area contributed by atoms with Crippen molar-refractivity contribution in [2.45, 2.75) is 52.9 Å². The van der Waals surface area contributed by atoms with Gasteiger partial charge in [0.2, 0.25) is 0 Å². The summed E-state index contributed by atoms with van der Waals surface area (Å²) in [4.78, 5) is 13.0. The third-order valence-corrected chi connectivity index (χ3v) is 4.31. The van der Waals surface area contributed by atoms with Crippen molar-refractivity contribution in [3.8, 4) is 5.75 Å². The Balaban J connectivity index is 2.48. The number of benzene rings is 1. The average Bonchev–Trinajstić information content (AvgIpc) is 2.48. The molecule has 0 unspecified atom stereocenters. The zero-order valence-corrected chi connectivity index (χ0v) is 14.6. The van der Waals surface area contributed by atoms with Crippen molar-refractivity contribution in [1.29, 1.82) is 0 Å². The molecule has 0 amide bonds. The molecule has 0 aliphatic carbocycles. The van der Waals surface area contributed by atoms with Crippen LogP contribution in [0.1, 0.15) is 62.0 Å². The highest BCUT2D eigenvalue weighted by Crippen LogP contribution is 2.37. The fraction of sp³-hybridized carbons (Fsp3) is 0.632. The van der Waals surface area contributed by atoms with Crippen molar-refractivity contribution in [2.75, 3.05) is 19.7 Å². The number of carbonyl (C=O) groups excluding carboxylic acids is 1. The molecule has 122 valence electrons. The van der Waals surface area contributed by atoms with Crippen molar-refractivity contribution < 1.29 is 9.53 Å². The Kier molecular flexibility index (Phi) is 5.28. The molecule has 0 aromatic heterocycles. The molecule has 1 aliphatic heterocycles. The summed E-state index contributed by atoms with van der Waals surface area (Å²) in [6.07, 6.45) is 1.84. The first-order valence-corrected chi connectivity index (χ1v) is 8.37. The quantitative estimate of drug-likeness (QED) is 0.858. The number of nitrogens with one attached hydrogen (secondary N) is 1. The molecule has 0 bridgehead atoms. The number of piperidine rings is 1. The van der Waals surface area contributed by atoms with Gasteiger partial charge in [-0.25, -0.2) is 0 Å². The van der Waals surface area contributed by atoms with Crippen LogP contribution >= 0.6 is 0 Å². The van der Waals surface area contributed by atoms with E-state index in [-0.39, 0.29) is 17.1 Å². The standard InChI is InChI=1S/C19H29NO2/c1-6-22-18-15(17(21)14-7-9-20-10-8-14)11-13(2)12-16(18)19(3,4)5/h11-12,14,20H,6-10H2,1-5H3. The second kappa shape index (κ2) is 6.82. The number of Topliss-reactive ketones (excluding diaryl/α,β-unsaturated/α-hetero) is 1. The third kappa shape index (κ3) is 3.70. The smallest absolute Gasteiger partial charge is 0.169 e. The summed E-state index contributed by atoms with van der Waals surface area (Å²) in [5.41, 5.74) is 3.00. The first-order chi connectivity index (χ1) is 10.3. The highest BCUT2D eigenvalue weighted by atomic mass is 16.5. The van der Waals surface area contributed by atoms with Gasteiger partial charge < -0.3 is 10.1 Å². The van der Waals surface area contributed by atoms with Gasteiger partial charge in [0.25, 0.3) is 0 Å². The lowest BCUT2D eigenvalue weighted by Crippen LogP contribution is -2.32. The minimum Gasteiger partial charge on any atom is -0.493 e. The molecule has 1 aromatic carbocycles. The van der Waals surface area contributed by atoms with E-state index in [1.165, 1.54) is 0 Å². The van der Waals surface area contributed by atoms with Gasteiger partial charge in [0.05, 0.1) is 12.2 Å². The molecule has 0 spiro atoms. The minimum absolute atomic E-state index is 0.0420. The first-order valence-electron chi connectivity index (χ1n) is 8.37. The Morgan fingerprint density at radius 3 is 2.45 bits per heavy atom. The van der Waals surface area contributed by atoms with Crippen molar-refractivity contribution in [3.05, 3.63) is 28.8 Å². The highest BCUT2D eigenvalue weighted by Gasteiger charge is 2.29. The maximum atomic E-state index is 13.0. The Hall–Kier alpha value is -1.35. The summed E-state index contributed by atoms with van der Waals surface area (Å²) in [5, 5.41) is 3.32. The van der Waals surface area contributed by atoms with Crippen LogP contribution < -0.4 is 10.1 Å². The molecular formula is C19H29NO2. The monoisotopic (exact) mass is 303 g/mol. The molecule has 22 heavy (non-hydrogen) atoms. The van der Waals surface area contributed by atoms with Crippen LogP contribution in [-0.4, -0.2) is 25.5 Å². The van der Waals surface area contributed by atoms with E-state index in [0.29, 0.717) is 6.61 Å². The summed E-state index contributed by atoms with van der Waals surface area (Å²) >= 11 is 0. The molecule has 1 aromatic rings. The van der Waals surface area contributed by atoms with Gasteiger partial charge in [-0.2, -0.15) is 0 Å². The summed E-state index contributed by atoms with van der Waals surface area (Å²) in [5.74, 6) is 1.17. The third-order valence-electron chi connectivity index (χ3n) is 4.31. The van der Waals surface area contributed by atoms with Crippen LogP contribution in [0.15, 0.2) is 12.1 Å². The van der Waals surface area contributed by atoms with Gasteiger partial charge in [-0.1, -0.05) is 26.8 Å². The molecule has 1 fully saturated rings. The van der Waals surface area contributed by atoms with Crippen molar-refractivity contribution in [3.63, 3.8) is 0 Å². The number of ketones is 1.